The highest BCUT2D eigenvalue weighted by atomic mass is 19.4. The molecule has 0 aliphatic carbocycles. The molecule has 20 heteroatoms. The molecule has 2 aromatic heterocycles. The SMILES string of the molecule is Cc1cc(-c2c(C)cc(C(F)(F)F)cc2-c2c3nc(=C(C#N)C#N)oc3c(-c3cc(C)cc(C(F)(F)F)c3-c3cc(C)cc(C(F)(F)F)c3)c3nc(=C(C#N)C#N)oc23)cc(C(F)(F)F)c1. The van der Waals surface area contributed by atoms with Gasteiger partial charge in [0.25, 0.3) is 0 Å². The van der Waals surface area contributed by atoms with Crippen LogP contribution in [0, 0.1) is 73.0 Å². The number of aryl methyl sites for hydroxylation is 4. The van der Waals surface area contributed by atoms with Crippen LogP contribution in [0.15, 0.2) is 69.5 Å². The smallest absolute Gasteiger partial charge is 0.417 e. The molecule has 2 heterocycles. The summed E-state index contributed by atoms with van der Waals surface area (Å²) in [5.41, 5.74) is -17.5. The minimum atomic E-state index is -5.32. The highest BCUT2D eigenvalue weighted by Crippen LogP contribution is 2.52. The predicted molar refractivity (Wildman–Crippen MR) is 211 cm³/mol. The summed E-state index contributed by atoms with van der Waals surface area (Å²) in [7, 11) is 0. The molecule has 7 aromatic rings. The third-order valence-electron chi connectivity index (χ3n) is 10.2. The number of nitriles is 4. The number of alkyl halides is 12. The van der Waals surface area contributed by atoms with Crippen LogP contribution in [0.5, 0.6) is 0 Å². The quantitative estimate of drug-likeness (QED) is 0.159. The van der Waals surface area contributed by atoms with Gasteiger partial charge in [-0.15, -0.1) is 0 Å². The van der Waals surface area contributed by atoms with Crippen molar-refractivity contribution < 1.29 is 61.5 Å². The van der Waals surface area contributed by atoms with Crippen LogP contribution >= 0.6 is 0 Å². The number of halogens is 12. The van der Waals surface area contributed by atoms with E-state index in [-0.39, 0.29) is 33.4 Å². The van der Waals surface area contributed by atoms with E-state index in [1.807, 2.05) is 0 Å². The van der Waals surface area contributed by atoms with Crippen molar-refractivity contribution in [2.24, 2.45) is 0 Å². The van der Waals surface area contributed by atoms with Gasteiger partial charge in [0.1, 0.15) is 35.3 Å². The first-order valence-corrected chi connectivity index (χ1v) is 18.6. The van der Waals surface area contributed by atoms with Gasteiger partial charge in [-0.1, -0.05) is 18.2 Å². The molecule has 0 N–H and O–H groups in total. The van der Waals surface area contributed by atoms with Crippen molar-refractivity contribution in [2.45, 2.75) is 52.4 Å². The molecule has 0 atom stereocenters. The molecule has 8 nitrogen and oxygen atoms in total. The molecular formula is C46H22F12N6O2. The molecule has 0 saturated heterocycles. The first-order valence-electron chi connectivity index (χ1n) is 18.6. The lowest BCUT2D eigenvalue weighted by molar-refractivity contribution is -0.138. The Morgan fingerprint density at radius 3 is 1.21 bits per heavy atom. The van der Waals surface area contributed by atoms with E-state index in [4.69, 9.17) is 8.83 Å². The van der Waals surface area contributed by atoms with E-state index in [1.165, 1.54) is 51.1 Å². The fourth-order valence-electron chi connectivity index (χ4n) is 7.72. The lowest BCUT2D eigenvalue weighted by Crippen LogP contribution is -2.11. The molecule has 0 aliphatic heterocycles. The van der Waals surface area contributed by atoms with Crippen LogP contribution < -0.4 is 11.1 Å². The predicted octanol–water partition coefficient (Wildman–Crippen LogP) is 12.3. The molecule has 0 amide bonds. The van der Waals surface area contributed by atoms with Gasteiger partial charge in [-0.3, -0.25) is 0 Å². The molecule has 0 unspecified atom stereocenters. The molecule has 0 fully saturated rings. The Morgan fingerprint density at radius 2 is 0.818 bits per heavy atom. The molecule has 0 spiro atoms. The summed E-state index contributed by atoms with van der Waals surface area (Å²) in [6, 6.07) is 13.5. The molecule has 0 saturated carbocycles. The van der Waals surface area contributed by atoms with Crippen molar-refractivity contribution in [2.75, 3.05) is 0 Å². The summed E-state index contributed by atoms with van der Waals surface area (Å²) in [6.45, 7) is 4.78. The van der Waals surface area contributed by atoms with Crippen molar-refractivity contribution in [3.05, 3.63) is 116 Å². The van der Waals surface area contributed by atoms with Crippen LogP contribution in [-0.4, -0.2) is 9.97 Å². The third-order valence-corrected chi connectivity index (χ3v) is 10.2. The Kier molecular flexibility index (Phi) is 11.0. The second-order valence-corrected chi connectivity index (χ2v) is 15.0. The second-order valence-electron chi connectivity index (χ2n) is 15.0. The minimum absolute atomic E-state index is 0.0109. The van der Waals surface area contributed by atoms with Crippen molar-refractivity contribution in [1.82, 2.24) is 9.97 Å². The van der Waals surface area contributed by atoms with Gasteiger partial charge < -0.3 is 8.83 Å². The number of oxazole rings is 2. The maximum Gasteiger partial charge on any atom is 0.417 e. The molecule has 332 valence electrons. The van der Waals surface area contributed by atoms with Gasteiger partial charge in [0.15, 0.2) is 22.3 Å². The van der Waals surface area contributed by atoms with Crippen molar-refractivity contribution in [3.8, 4) is 68.8 Å². The number of hydrogen-bond acceptors (Lipinski definition) is 8. The average molecular weight is 919 g/mol. The Morgan fingerprint density at radius 1 is 0.439 bits per heavy atom. The van der Waals surface area contributed by atoms with Gasteiger partial charge >= 0.3 is 24.7 Å². The lowest BCUT2D eigenvalue weighted by Gasteiger charge is -2.22. The van der Waals surface area contributed by atoms with E-state index in [0.29, 0.717) is 36.4 Å². The number of aromatic nitrogens is 2. The van der Waals surface area contributed by atoms with Crippen LogP contribution in [-0.2, 0) is 24.7 Å². The minimum Gasteiger partial charge on any atom is -0.434 e. The van der Waals surface area contributed by atoms with Crippen LogP contribution in [0.1, 0.15) is 44.5 Å². The summed E-state index contributed by atoms with van der Waals surface area (Å²) in [6.07, 6.45) is -20.6. The number of rotatable bonds is 4. The maximum absolute atomic E-state index is 15.3. The van der Waals surface area contributed by atoms with Crippen molar-refractivity contribution >= 4 is 33.3 Å². The third kappa shape index (κ3) is 8.14. The summed E-state index contributed by atoms with van der Waals surface area (Å²) in [5.74, 6) is 0. The van der Waals surface area contributed by atoms with Crippen LogP contribution in [0.25, 0.3) is 77.9 Å². The van der Waals surface area contributed by atoms with Gasteiger partial charge in [-0.05, 0) is 120 Å². The average Bonchev–Trinajstić information content (AvgIpc) is 3.83. The lowest BCUT2D eigenvalue weighted by atomic mass is 9.84. The molecule has 66 heavy (non-hydrogen) atoms. The first-order chi connectivity index (χ1) is 30.7. The van der Waals surface area contributed by atoms with Gasteiger partial charge in [0, 0.05) is 5.56 Å². The van der Waals surface area contributed by atoms with E-state index in [0.717, 1.165) is 25.1 Å². The number of hydrogen-bond donors (Lipinski definition) is 0. The Hall–Kier alpha value is -8.10. The fourth-order valence-corrected chi connectivity index (χ4v) is 7.72. The molecule has 0 aliphatic rings. The van der Waals surface area contributed by atoms with E-state index in [1.54, 1.807) is 0 Å². The van der Waals surface area contributed by atoms with Gasteiger partial charge in [0.05, 0.1) is 33.4 Å². The first kappa shape index (κ1) is 45.9. The van der Waals surface area contributed by atoms with Crippen molar-refractivity contribution in [1.29, 1.82) is 21.0 Å². The topological polar surface area (TPSA) is 147 Å². The molecule has 7 rings (SSSR count). The zero-order valence-corrected chi connectivity index (χ0v) is 33.8. The van der Waals surface area contributed by atoms with E-state index in [9.17, 15) is 60.6 Å². The van der Waals surface area contributed by atoms with Crippen LogP contribution in [0.3, 0.4) is 0 Å². The van der Waals surface area contributed by atoms with E-state index >= 15 is 13.2 Å². The van der Waals surface area contributed by atoms with E-state index in [2.05, 4.69) is 9.97 Å². The molecule has 5 aromatic carbocycles. The standard InChI is InChI=1S/C46H22F12N6O2/c1-19-5-23(12-27(7-19)43(47,48)49)33-22(4)11-29(45(53,54)55)14-31(33)36-38-39(65-42(64-38)26(17-61)18-62)35(37-40(36)66-41(63-37)25(15-59)16-60)30-9-21(3)10-32(46(56,57)58)34(30)24-6-20(2)8-28(13-24)44(50,51)52/h5-14H,1-4H3. The van der Waals surface area contributed by atoms with Crippen molar-refractivity contribution in [3.63, 3.8) is 0 Å². The maximum atomic E-state index is 15.3. The second kappa shape index (κ2) is 15.9. The molecular weight excluding hydrogens is 897 g/mol. The molecule has 0 bridgehead atoms. The highest BCUT2D eigenvalue weighted by Gasteiger charge is 2.40. The van der Waals surface area contributed by atoms with Gasteiger partial charge in [0.2, 0.25) is 11.1 Å². The van der Waals surface area contributed by atoms with Crippen LogP contribution in [0.4, 0.5) is 52.7 Å². The Bertz CT molecular complexity index is 3330. The monoisotopic (exact) mass is 918 g/mol. The number of nitrogens with zero attached hydrogens (tertiary/aromatic N) is 6. The normalized spacial score (nSPS) is 12.2. The Balaban J connectivity index is 1.84. The van der Waals surface area contributed by atoms with Gasteiger partial charge in [-0.25, -0.2) is 9.97 Å². The summed E-state index contributed by atoms with van der Waals surface area (Å²) < 4.78 is 188. The summed E-state index contributed by atoms with van der Waals surface area (Å²) in [4.78, 5) is 8.49. The Labute approximate surface area is 362 Å². The largest absolute Gasteiger partial charge is 0.434 e. The number of fused-ring (bicyclic) bond motifs is 2. The van der Waals surface area contributed by atoms with Gasteiger partial charge in [-0.2, -0.15) is 73.7 Å². The summed E-state index contributed by atoms with van der Waals surface area (Å²) >= 11 is 0. The zero-order chi connectivity index (χ0) is 48.6. The zero-order valence-electron chi connectivity index (χ0n) is 33.8. The number of benzene rings is 5. The van der Waals surface area contributed by atoms with E-state index < -0.39 is 125 Å². The summed E-state index contributed by atoms with van der Waals surface area (Å²) in [5, 5.41) is 39.5. The van der Waals surface area contributed by atoms with Crippen LogP contribution in [0.2, 0.25) is 0 Å². The molecule has 0 radical (unpaired) electrons. The fraction of sp³-hybridized carbons (Fsp3) is 0.174. The highest BCUT2D eigenvalue weighted by molar-refractivity contribution is 6.18.